The van der Waals surface area contributed by atoms with Crippen LogP contribution in [-0.2, 0) is 15.8 Å². The van der Waals surface area contributed by atoms with Gasteiger partial charge in [-0.1, -0.05) is 23.2 Å². The van der Waals surface area contributed by atoms with Gasteiger partial charge in [-0.3, -0.25) is 0 Å². The van der Waals surface area contributed by atoms with Gasteiger partial charge in [-0.15, -0.1) is 0 Å². The van der Waals surface area contributed by atoms with Crippen LogP contribution in [0.5, 0.6) is 0 Å². The summed E-state index contributed by atoms with van der Waals surface area (Å²) < 4.78 is 25.5. The van der Waals surface area contributed by atoms with E-state index < -0.39 is 16.1 Å². The van der Waals surface area contributed by atoms with E-state index in [0.717, 1.165) is 0 Å². The SMILES string of the molecule is O=S(=O)(Cc1cc(Cl)cc(Cl)c1)N1CC[C@H](O)C1. The van der Waals surface area contributed by atoms with E-state index in [4.69, 9.17) is 23.2 Å². The standard InChI is InChI=1S/C11H13Cl2NO3S/c12-9-3-8(4-10(13)5-9)7-18(16,17)14-2-1-11(15)6-14/h3-5,11,15H,1-2,6-7H2/t11-/m0/s1. The summed E-state index contributed by atoms with van der Waals surface area (Å²) >= 11 is 11.7. The molecule has 1 aromatic carbocycles. The molecule has 100 valence electrons. The number of benzene rings is 1. The molecule has 0 aliphatic carbocycles. The third kappa shape index (κ3) is 3.36. The van der Waals surface area contributed by atoms with Crippen molar-refractivity contribution in [2.24, 2.45) is 0 Å². The molecule has 0 amide bonds. The van der Waals surface area contributed by atoms with Gasteiger partial charge in [0.2, 0.25) is 10.0 Å². The van der Waals surface area contributed by atoms with Crippen molar-refractivity contribution in [3.63, 3.8) is 0 Å². The van der Waals surface area contributed by atoms with Gasteiger partial charge in [-0.2, -0.15) is 4.31 Å². The van der Waals surface area contributed by atoms with Crippen LogP contribution in [0.1, 0.15) is 12.0 Å². The summed E-state index contributed by atoms with van der Waals surface area (Å²) in [6, 6.07) is 4.72. The second-order valence-electron chi connectivity index (χ2n) is 4.33. The second-order valence-corrected chi connectivity index (χ2v) is 7.18. The van der Waals surface area contributed by atoms with E-state index in [9.17, 15) is 13.5 Å². The molecule has 2 rings (SSSR count). The normalized spacial score (nSPS) is 21.4. The lowest BCUT2D eigenvalue weighted by molar-refractivity contribution is 0.189. The summed E-state index contributed by atoms with van der Waals surface area (Å²) in [5, 5.41) is 10.2. The van der Waals surface area contributed by atoms with Crippen molar-refractivity contribution >= 4 is 33.2 Å². The Bertz CT molecular complexity index is 527. The summed E-state index contributed by atoms with van der Waals surface area (Å²) in [6.07, 6.45) is -0.0852. The minimum absolute atomic E-state index is 0.153. The molecule has 7 heteroatoms. The van der Waals surface area contributed by atoms with E-state index in [1.165, 1.54) is 4.31 Å². The largest absolute Gasteiger partial charge is 0.392 e. The molecule has 0 spiro atoms. The molecular formula is C11H13Cl2NO3S. The number of sulfonamides is 1. The maximum Gasteiger partial charge on any atom is 0.218 e. The van der Waals surface area contributed by atoms with Crippen LogP contribution in [-0.4, -0.2) is 37.0 Å². The molecule has 0 saturated carbocycles. The van der Waals surface area contributed by atoms with Crippen LogP contribution in [0.25, 0.3) is 0 Å². The Labute approximate surface area is 116 Å². The zero-order valence-corrected chi connectivity index (χ0v) is 11.8. The van der Waals surface area contributed by atoms with Gasteiger partial charge in [0.25, 0.3) is 0 Å². The smallest absolute Gasteiger partial charge is 0.218 e. The summed E-state index contributed by atoms with van der Waals surface area (Å²) in [7, 11) is -3.42. The molecule has 0 aromatic heterocycles. The molecule has 18 heavy (non-hydrogen) atoms. The molecular weight excluding hydrogens is 297 g/mol. The van der Waals surface area contributed by atoms with Gasteiger partial charge in [0, 0.05) is 23.1 Å². The lowest BCUT2D eigenvalue weighted by atomic mass is 10.2. The number of β-amino-alcohol motifs (C(OH)–C–C–N with tert-alkyl or cyclic N) is 1. The molecule has 0 bridgehead atoms. The second kappa shape index (κ2) is 5.35. The quantitative estimate of drug-likeness (QED) is 0.927. The first-order chi connectivity index (χ1) is 8.37. The molecule has 1 saturated heterocycles. The third-order valence-corrected chi connectivity index (χ3v) is 5.04. The van der Waals surface area contributed by atoms with Crippen LogP contribution in [0.15, 0.2) is 18.2 Å². The molecule has 1 aliphatic rings. The predicted molar refractivity (Wildman–Crippen MR) is 71.3 cm³/mol. The number of nitrogens with zero attached hydrogens (tertiary/aromatic N) is 1. The fourth-order valence-electron chi connectivity index (χ4n) is 1.96. The van der Waals surface area contributed by atoms with E-state index in [1.807, 2.05) is 0 Å². The number of rotatable bonds is 3. The zero-order chi connectivity index (χ0) is 13.3. The molecule has 0 radical (unpaired) electrons. The Morgan fingerprint density at radius 2 is 1.89 bits per heavy atom. The highest BCUT2D eigenvalue weighted by Crippen LogP contribution is 2.23. The van der Waals surface area contributed by atoms with Gasteiger partial charge in [-0.05, 0) is 30.2 Å². The predicted octanol–water partition coefficient (Wildman–Crippen LogP) is 1.89. The zero-order valence-electron chi connectivity index (χ0n) is 9.51. The Morgan fingerprint density at radius 3 is 2.39 bits per heavy atom. The molecule has 1 aliphatic heterocycles. The van der Waals surface area contributed by atoms with Gasteiger partial charge < -0.3 is 5.11 Å². The monoisotopic (exact) mass is 309 g/mol. The Kier molecular flexibility index (Phi) is 4.18. The van der Waals surface area contributed by atoms with Gasteiger partial charge in [0.05, 0.1) is 11.9 Å². The molecule has 1 atom stereocenters. The summed E-state index contributed by atoms with van der Waals surface area (Å²) in [5.74, 6) is -0.153. The minimum Gasteiger partial charge on any atom is -0.392 e. The van der Waals surface area contributed by atoms with Crippen LogP contribution < -0.4 is 0 Å². The lowest BCUT2D eigenvalue weighted by Gasteiger charge is -2.15. The third-order valence-electron chi connectivity index (χ3n) is 2.79. The maximum absolute atomic E-state index is 12.1. The molecule has 1 aromatic rings. The topological polar surface area (TPSA) is 57.6 Å². The van der Waals surface area contributed by atoms with Crippen LogP contribution in [0.4, 0.5) is 0 Å². The van der Waals surface area contributed by atoms with Crippen molar-refractivity contribution in [2.45, 2.75) is 18.3 Å². The fourth-order valence-corrected chi connectivity index (χ4v) is 4.08. The summed E-state index contributed by atoms with van der Waals surface area (Å²) in [4.78, 5) is 0. The first kappa shape index (κ1) is 14.1. The van der Waals surface area contributed by atoms with Crippen LogP contribution >= 0.6 is 23.2 Å². The highest BCUT2D eigenvalue weighted by atomic mass is 35.5. The number of hydrogen-bond acceptors (Lipinski definition) is 3. The average molecular weight is 310 g/mol. The Hall–Kier alpha value is -0.330. The van der Waals surface area contributed by atoms with Crippen molar-refractivity contribution in [3.05, 3.63) is 33.8 Å². The van der Waals surface area contributed by atoms with Crippen LogP contribution in [0.3, 0.4) is 0 Å². The van der Waals surface area contributed by atoms with Gasteiger partial charge in [0.1, 0.15) is 0 Å². The molecule has 0 unspecified atom stereocenters. The average Bonchev–Trinajstić information content (AvgIpc) is 2.62. The molecule has 4 nitrogen and oxygen atoms in total. The lowest BCUT2D eigenvalue weighted by Crippen LogP contribution is -2.30. The van der Waals surface area contributed by atoms with Crippen molar-refractivity contribution in [1.29, 1.82) is 0 Å². The van der Waals surface area contributed by atoms with E-state index >= 15 is 0 Å². The maximum atomic E-state index is 12.1. The molecule has 1 fully saturated rings. The highest BCUT2D eigenvalue weighted by molar-refractivity contribution is 7.88. The summed E-state index contributed by atoms with van der Waals surface area (Å²) in [5.41, 5.74) is 0.550. The Balaban J connectivity index is 2.17. The Morgan fingerprint density at radius 1 is 1.28 bits per heavy atom. The van der Waals surface area contributed by atoms with Crippen LogP contribution in [0.2, 0.25) is 10.0 Å². The van der Waals surface area contributed by atoms with E-state index in [-0.39, 0.29) is 12.3 Å². The highest BCUT2D eigenvalue weighted by Gasteiger charge is 2.30. The van der Waals surface area contributed by atoms with Gasteiger partial charge in [-0.25, -0.2) is 8.42 Å². The number of halogens is 2. The first-order valence-electron chi connectivity index (χ1n) is 5.48. The number of hydrogen-bond donors (Lipinski definition) is 1. The van der Waals surface area contributed by atoms with Crippen molar-refractivity contribution < 1.29 is 13.5 Å². The first-order valence-corrected chi connectivity index (χ1v) is 7.84. The fraction of sp³-hybridized carbons (Fsp3) is 0.455. The van der Waals surface area contributed by atoms with E-state index in [0.29, 0.717) is 28.6 Å². The van der Waals surface area contributed by atoms with E-state index in [2.05, 4.69) is 0 Å². The van der Waals surface area contributed by atoms with Gasteiger partial charge >= 0.3 is 0 Å². The van der Waals surface area contributed by atoms with Crippen molar-refractivity contribution in [1.82, 2.24) is 4.31 Å². The molecule has 1 N–H and O–H groups in total. The van der Waals surface area contributed by atoms with Gasteiger partial charge in [0.15, 0.2) is 0 Å². The van der Waals surface area contributed by atoms with Crippen molar-refractivity contribution in [3.8, 4) is 0 Å². The van der Waals surface area contributed by atoms with E-state index in [1.54, 1.807) is 18.2 Å². The van der Waals surface area contributed by atoms with Crippen LogP contribution in [0, 0.1) is 0 Å². The number of aliphatic hydroxyl groups is 1. The number of aliphatic hydroxyl groups excluding tert-OH is 1. The van der Waals surface area contributed by atoms with Crippen molar-refractivity contribution in [2.75, 3.05) is 13.1 Å². The minimum atomic E-state index is -3.42. The summed E-state index contributed by atoms with van der Waals surface area (Å²) in [6.45, 7) is 0.522. The molecule has 1 heterocycles.